The molecule has 0 bridgehead atoms. The van der Waals surface area contributed by atoms with Crippen molar-refractivity contribution in [1.82, 2.24) is 89.5 Å². The predicted molar refractivity (Wildman–Crippen MR) is 390 cm³/mol. The lowest BCUT2D eigenvalue weighted by atomic mass is 10.00. The fourth-order valence-corrected chi connectivity index (χ4v) is 12.3. The summed E-state index contributed by atoms with van der Waals surface area (Å²) < 4.78 is 27.2. The lowest BCUT2D eigenvalue weighted by Gasteiger charge is -2.26. The minimum Gasteiger partial charge on any atom is -0.507 e. The second-order valence-corrected chi connectivity index (χ2v) is 25.5. The number of benzene rings is 2. The third kappa shape index (κ3) is 23.9. The van der Waals surface area contributed by atoms with Gasteiger partial charge in [0.2, 0.25) is 0 Å². The first-order chi connectivity index (χ1) is 51.3. The maximum Gasteiger partial charge on any atom is 0.124 e. The fraction of sp³-hybridized carbons (Fsp3) is 0.300. The summed E-state index contributed by atoms with van der Waals surface area (Å²) in [4.78, 5) is 46.2. The van der Waals surface area contributed by atoms with Gasteiger partial charge in [-0.25, -0.2) is 0 Å². The van der Waals surface area contributed by atoms with Crippen molar-refractivity contribution in [2.45, 2.75) is 118 Å². The SMILES string of the molecule is Oc1c(CN(Cc2ccccn2)Cc2ccccn2)cc(CCn2cc(COCCOCCOCCOCc3cn(CCc4cc(CN(Cc5ccccn5)Cc5ccccn5)c(O)c(CN(Cc5ccccn5)Cc5ccccn5)c4)nn3)nn2)cc1CN(Cc1ccccn1)Cc1ccccn1. The van der Waals surface area contributed by atoms with E-state index in [1.54, 1.807) is 49.6 Å². The maximum absolute atomic E-state index is 12.3. The molecule has 0 unspecified atom stereocenters. The summed E-state index contributed by atoms with van der Waals surface area (Å²) in [6.07, 6.45) is 19.5. The third-order valence-corrected chi connectivity index (χ3v) is 17.2. The molecule has 0 aliphatic carbocycles. The van der Waals surface area contributed by atoms with Crippen molar-refractivity contribution in [3.63, 3.8) is 0 Å². The van der Waals surface area contributed by atoms with Crippen LogP contribution in [0.4, 0.5) is 0 Å². The van der Waals surface area contributed by atoms with E-state index in [1.807, 2.05) is 167 Å². The highest BCUT2D eigenvalue weighted by atomic mass is 16.6. The molecule has 0 amide bonds. The van der Waals surface area contributed by atoms with Crippen LogP contribution in [0.1, 0.15) is 90.3 Å². The molecule has 12 rings (SSSR count). The molecule has 12 aromatic rings. The molecule has 10 aromatic heterocycles. The van der Waals surface area contributed by atoms with Gasteiger partial charge in [-0.2, -0.15) is 0 Å². The Labute approximate surface area is 606 Å². The molecule has 2 N–H and O–H groups in total. The Balaban J connectivity index is 0.594. The first-order valence-electron chi connectivity index (χ1n) is 35.2. The molecule has 0 saturated heterocycles. The van der Waals surface area contributed by atoms with Crippen LogP contribution < -0.4 is 0 Å². The number of nitrogens with zero attached hydrogens (tertiary/aromatic N) is 18. The van der Waals surface area contributed by atoms with Gasteiger partial charge in [-0.05, 0) is 121 Å². The highest BCUT2D eigenvalue weighted by Gasteiger charge is 2.22. The van der Waals surface area contributed by atoms with Crippen LogP contribution in [0.15, 0.2) is 232 Å². The number of phenolic OH excluding ortho intramolecular Hbond substituents is 2. The molecule has 2 aromatic carbocycles. The molecule has 0 fully saturated rings. The Hall–Kier alpha value is -10.8. The number of phenols is 2. The number of aromatic hydroxyl groups is 2. The molecule has 0 saturated carbocycles. The number of rotatable bonds is 43. The van der Waals surface area contributed by atoms with Crippen LogP contribution in [0.5, 0.6) is 11.5 Å². The lowest BCUT2D eigenvalue weighted by Crippen LogP contribution is -2.25. The van der Waals surface area contributed by atoms with Gasteiger partial charge in [-0.15, -0.1) is 10.2 Å². The smallest absolute Gasteiger partial charge is 0.124 e. The quantitative estimate of drug-likeness (QED) is 0.0337. The second kappa shape index (κ2) is 39.6. The van der Waals surface area contributed by atoms with Crippen molar-refractivity contribution in [2.24, 2.45) is 0 Å². The van der Waals surface area contributed by atoms with Crippen LogP contribution in [0.2, 0.25) is 0 Å². The number of hydrogen-bond donors (Lipinski definition) is 2. The first kappa shape index (κ1) is 73.0. The van der Waals surface area contributed by atoms with Crippen molar-refractivity contribution < 1.29 is 29.2 Å². The molecule has 534 valence electrons. The van der Waals surface area contributed by atoms with Gasteiger partial charge in [0, 0.05) is 163 Å². The Morgan fingerprint density at radius 2 is 0.510 bits per heavy atom. The van der Waals surface area contributed by atoms with Crippen molar-refractivity contribution in [3.05, 3.63) is 322 Å². The van der Waals surface area contributed by atoms with Crippen molar-refractivity contribution >= 4 is 0 Å². The number of ether oxygens (including phenoxy) is 4. The third-order valence-electron chi connectivity index (χ3n) is 17.2. The lowest BCUT2D eigenvalue weighted by molar-refractivity contribution is -0.00679. The molecule has 10 heterocycles. The van der Waals surface area contributed by atoms with Crippen LogP contribution in [-0.4, -0.2) is 139 Å². The van der Waals surface area contributed by atoms with Crippen molar-refractivity contribution in [3.8, 4) is 11.5 Å². The van der Waals surface area contributed by atoms with E-state index in [4.69, 9.17) is 18.9 Å². The van der Waals surface area contributed by atoms with Gasteiger partial charge in [0.05, 0.1) is 111 Å². The van der Waals surface area contributed by atoms with Gasteiger partial charge in [-0.1, -0.05) is 83.2 Å². The zero-order chi connectivity index (χ0) is 71.0. The number of aromatic nitrogens is 14. The van der Waals surface area contributed by atoms with Gasteiger partial charge in [0.1, 0.15) is 22.9 Å². The van der Waals surface area contributed by atoms with Crippen LogP contribution in [0.25, 0.3) is 0 Å². The van der Waals surface area contributed by atoms with E-state index < -0.39 is 0 Å². The molecule has 0 radical (unpaired) electrons. The maximum atomic E-state index is 12.3. The standard InChI is InChI=1S/C80H88N18O6/c99-79-65(47-93(51-69-17-1-9-27-81-69)52-70-18-2-10-28-82-70)43-63(44-66(79)48-94(53-71-19-3-11-29-83-71)54-72-20-4-12-30-84-72)25-35-97-59-77(89-91-97)61-103-41-39-101-37-38-102-40-42-104-62-78-60-98(92-90-78)36-26-64-45-67(49-95(55-73-21-5-13-31-85-73)56-74-22-6-14-32-86-74)80(100)68(46-64)50-96(57-75-23-7-15-33-87-75)58-76-24-8-16-34-88-76/h1-24,27-34,43-46,59-60,99-100H,25-26,35-42,47-58,61-62H2. The molecular formula is C80H88N18O6. The summed E-state index contributed by atoms with van der Waals surface area (Å²) in [5.74, 6) is 0.501. The summed E-state index contributed by atoms with van der Waals surface area (Å²) in [7, 11) is 0. The minimum absolute atomic E-state index is 0.251. The zero-order valence-electron chi connectivity index (χ0n) is 58.5. The van der Waals surface area contributed by atoms with E-state index in [-0.39, 0.29) is 24.7 Å². The number of hydrogen-bond acceptors (Lipinski definition) is 22. The van der Waals surface area contributed by atoms with E-state index in [0.29, 0.717) is 155 Å². The van der Waals surface area contributed by atoms with Crippen LogP contribution in [0.3, 0.4) is 0 Å². The van der Waals surface area contributed by atoms with E-state index in [9.17, 15) is 10.2 Å². The largest absolute Gasteiger partial charge is 0.507 e. The first-order valence-corrected chi connectivity index (χ1v) is 35.2. The monoisotopic (exact) mass is 1400 g/mol. The highest BCUT2D eigenvalue weighted by molar-refractivity contribution is 5.45. The molecule has 0 aliphatic heterocycles. The van der Waals surface area contributed by atoms with Gasteiger partial charge >= 0.3 is 0 Å². The highest BCUT2D eigenvalue weighted by Crippen LogP contribution is 2.32. The number of aryl methyl sites for hydroxylation is 4. The van der Waals surface area contributed by atoms with Gasteiger partial charge in [-0.3, -0.25) is 68.8 Å². The molecular weight excluding hydrogens is 1310 g/mol. The molecule has 24 nitrogen and oxygen atoms in total. The Bertz CT molecular complexity index is 3760. The summed E-state index contributed by atoms with van der Waals surface area (Å²) in [6, 6.07) is 55.9. The fourth-order valence-electron chi connectivity index (χ4n) is 12.3. The van der Waals surface area contributed by atoms with E-state index in [2.05, 4.69) is 104 Å². The van der Waals surface area contributed by atoms with E-state index in [0.717, 1.165) is 78.9 Å². The van der Waals surface area contributed by atoms with Crippen molar-refractivity contribution in [1.29, 1.82) is 0 Å². The number of pyridine rings is 8. The van der Waals surface area contributed by atoms with Crippen LogP contribution in [0, 0.1) is 0 Å². The minimum atomic E-state index is 0.251. The summed E-state index contributed by atoms with van der Waals surface area (Å²) >= 11 is 0. The van der Waals surface area contributed by atoms with Gasteiger partial charge in [0.25, 0.3) is 0 Å². The normalized spacial score (nSPS) is 11.6. The average Bonchev–Trinajstić information content (AvgIpc) is 0.849. The summed E-state index contributed by atoms with van der Waals surface area (Å²) in [5, 5.41) is 42.3. The average molecular weight is 1400 g/mol. The summed E-state index contributed by atoms with van der Waals surface area (Å²) in [6.45, 7) is 10.3. The Morgan fingerprint density at radius 1 is 0.279 bits per heavy atom. The molecule has 0 spiro atoms. The molecule has 104 heavy (non-hydrogen) atoms. The van der Waals surface area contributed by atoms with Crippen molar-refractivity contribution in [2.75, 3.05) is 39.6 Å². The van der Waals surface area contributed by atoms with E-state index >= 15 is 0 Å². The summed E-state index contributed by atoms with van der Waals surface area (Å²) in [5.41, 5.74) is 14.1. The van der Waals surface area contributed by atoms with Crippen LogP contribution in [-0.2, 0) is 137 Å². The van der Waals surface area contributed by atoms with E-state index in [1.165, 1.54) is 0 Å². The van der Waals surface area contributed by atoms with Gasteiger partial charge < -0.3 is 29.2 Å². The topological polar surface area (TPSA) is 255 Å². The predicted octanol–water partition coefficient (Wildman–Crippen LogP) is 10.5. The molecule has 24 heteroatoms. The zero-order valence-corrected chi connectivity index (χ0v) is 58.5. The Kier molecular flexibility index (Phi) is 27.8. The second-order valence-electron chi connectivity index (χ2n) is 25.5. The molecule has 0 atom stereocenters. The molecule has 0 aliphatic rings. The van der Waals surface area contributed by atoms with Crippen LogP contribution >= 0.6 is 0 Å². The Morgan fingerprint density at radius 3 is 0.731 bits per heavy atom. The van der Waals surface area contributed by atoms with Gasteiger partial charge in [0.15, 0.2) is 0 Å².